The Balaban J connectivity index is 0.00000364. The molecule has 2 N–H and O–H groups in total. The van der Waals surface area contributed by atoms with Crippen LogP contribution in [0.3, 0.4) is 0 Å². The van der Waals surface area contributed by atoms with E-state index in [4.69, 9.17) is 4.74 Å². The second-order valence-electron chi connectivity index (χ2n) is 5.62. The molecule has 1 aromatic carbocycles. The van der Waals surface area contributed by atoms with E-state index in [2.05, 4.69) is 20.6 Å². The Bertz CT molecular complexity index is 752. The molecule has 0 aliphatic carbocycles. The van der Waals surface area contributed by atoms with E-state index in [0.717, 1.165) is 28.0 Å². The number of ether oxygens (including phenoxy) is 1. The number of hydrogen-bond donors (Lipinski definition) is 2. The molecule has 2 rings (SSSR count). The van der Waals surface area contributed by atoms with E-state index in [9.17, 15) is 13.2 Å². The Kier molecular flexibility index (Phi) is 9.30. The topological polar surface area (TPSA) is 58.5 Å². The quantitative estimate of drug-likeness (QED) is 0.345. The number of halogens is 4. The van der Waals surface area contributed by atoms with Gasteiger partial charge in [0.05, 0.1) is 13.1 Å². The molecule has 0 saturated heterocycles. The lowest BCUT2D eigenvalue weighted by molar-refractivity contribution is -0.140. The molecule has 1 unspecified atom stereocenters. The monoisotopic (exact) mass is 514 g/mol. The molecule has 5 nitrogen and oxygen atoms in total. The number of nitrogens with one attached hydrogen (secondary N) is 2. The maximum atomic E-state index is 12.6. The molecular weight excluding hydrogens is 492 g/mol. The predicted molar refractivity (Wildman–Crippen MR) is 112 cm³/mol. The van der Waals surface area contributed by atoms with Crippen molar-refractivity contribution in [3.05, 3.63) is 45.9 Å². The van der Waals surface area contributed by atoms with Gasteiger partial charge in [-0.05, 0) is 25.5 Å². The number of para-hydroxylation sites is 1. The lowest BCUT2D eigenvalue weighted by atomic mass is 10.2. The summed E-state index contributed by atoms with van der Waals surface area (Å²) in [6.45, 7) is 4.54. The minimum Gasteiger partial charge on any atom is -0.489 e. The van der Waals surface area contributed by atoms with Crippen LogP contribution >= 0.6 is 35.3 Å². The number of thiazole rings is 1. The van der Waals surface area contributed by atoms with E-state index >= 15 is 0 Å². The van der Waals surface area contributed by atoms with Crippen molar-refractivity contribution in [2.45, 2.75) is 32.7 Å². The summed E-state index contributed by atoms with van der Waals surface area (Å²) in [5.74, 6) is 1.28. The fourth-order valence-electron chi connectivity index (χ4n) is 2.09. The number of aryl methyl sites for hydroxylation is 1. The highest BCUT2D eigenvalue weighted by molar-refractivity contribution is 14.0. The van der Waals surface area contributed by atoms with E-state index in [1.54, 1.807) is 7.05 Å². The minimum atomic E-state index is -4.42. The second kappa shape index (κ2) is 10.7. The van der Waals surface area contributed by atoms with Crippen molar-refractivity contribution in [3.8, 4) is 5.75 Å². The molecule has 0 spiro atoms. The van der Waals surface area contributed by atoms with Gasteiger partial charge in [0.25, 0.3) is 0 Å². The first-order chi connectivity index (χ1) is 12.3. The summed E-state index contributed by atoms with van der Waals surface area (Å²) in [5.41, 5.74) is 0.175. The summed E-state index contributed by atoms with van der Waals surface area (Å²) in [4.78, 5) is 7.62. The van der Waals surface area contributed by atoms with Gasteiger partial charge >= 0.3 is 6.18 Å². The first-order valence-corrected chi connectivity index (χ1v) is 8.86. The smallest absolute Gasteiger partial charge is 0.434 e. The van der Waals surface area contributed by atoms with Crippen LogP contribution in [0.4, 0.5) is 13.2 Å². The van der Waals surface area contributed by atoms with E-state index in [-0.39, 0.29) is 36.6 Å². The summed E-state index contributed by atoms with van der Waals surface area (Å²) in [5, 5.41) is 7.37. The first-order valence-electron chi connectivity index (χ1n) is 7.98. The molecule has 1 aromatic heterocycles. The maximum Gasteiger partial charge on any atom is 0.434 e. The Labute approximate surface area is 177 Å². The third kappa shape index (κ3) is 7.53. The Morgan fingerprint density at radius 3 is 2.59 bits per heavy atom. The van der Waals surface area contributed by atoms with Crippen LogP contribution in [0.15, 0.2) is 34.6 Å². The molecule has 0 bridgehead atoms. The van der Waals surface area contributed by atoms with Gasteiger partial charge in [0.1, 0.15) is 16.9 Å². The van der Waals surface area contributed by atoms with Crippen LogP contribution < -0.4 is 15.4 Å². The number of aliphatic imine (C=N–C) groups is 1. The molecule has 10 heteroatoms. The van der Waals surface area contributed by atoms with Crippen LogP contribution in [0.25, 0.3) is 0 Å². The van der Waals surface area contributed by atoms with Gasteiger partial charge in [0.2, 0.25) is 0 Å². The zero-order chi connectivity index (χ0) is 19.2. The van der Waals surface area contributed by atoms with Crippen LogP contribution in [-0.2, 0) is 12.7 Å². The van der Waals surface area contributed by atoms with E-state index in [1.807, 2.05) is 38.1 Å². The van der Waals surface area contributed by atoms with Crippen LogP contribution in [0.5, 0.6) is 5.75 Å². The van der Waals surface area contributed by atoms with Crippen LogP contribution in [-0.4, -0.2) is 30.6 Å². The summed E-state index contributed by atoms with van der Waals surface area (Å²) in [6.07, 6.45) is -4.54. The van der Waals surface area contributed by atoms with Gasteiger partial charge in [-0.15, -0.1) is 35.3 Å². The fourth-order valence-corrected chi connectivity index (χ4v) is 2.83. The lowest BCUT2D eigenvalue weighted by Crippen LogP contribution is -2.41. The van der Waals surface area contributed by atoms with Crippen LogP contribution in [0.2, 0.25) is 0 Å². The Morgan fingerprint density at radius 1 is 1.30 bits per heavy atom. The van der Waals surface area contributed by atoms with Gasteiger partial charge in [0, 0.05) is 12.4 Å². The minimum absolute atomic E-state index is 0. The molecule has 0 amide bonds. The average molecular weight is 514 g/mol. The zero-order valence-corrected chi connectivity index (χ0v) is 18.3. The van der Waals surface area contributed by atoms with Gasteiger partial charge in [-0.3, -0.25) is 4.99 Å². The summed E-state index contributed by atoms with van der Waals surface area (Å²) in [7, 11) is 1.59. The van der Waals surface area contributed by atoms with Gasteiger partial charge in [-0.1, -0.05) is 18.2 Å². The van der Waals surface area contributed by atoms with Crippen molar-refractivity contribution in [1.29, 1.82) is 0 Å². The number of hydrogen-bond acceptors (Lipinski definition) is 4. The number of benzene rings is 1. The van der Waals surface area contributed by atoms with Gasteiger partial charge < -0.3 is 15.4 Å². The summed E-state index contributed by atoms with van der Waals surface area (Å²) in [6, 6.07) is 7.73. The Hall–Kier alpha value is -1.56. The predicted octanol–water partition coefficient (Wildman–Crippen LogP) is 4.22. The number of alkyl halides is 3. The van der Waals surface area contributed by atoms with E-state index in [0.29, 0.717) is 17.5 Å². The van der Waals surface area contributed by atoms with Crippen LogP contribution in [0.1, 0.15) is 23.2 Å². The molecule has 1 heterocycles. The number of guanidine groups is 1. The number of nitrogens with zero attached hydrogens (tertiary/aromatic N) is 2. The molecule has 0 radical (unpaired) electrons. The SMILES string of the molecule is CN=C(NCc1nc(C(F)(F)F)cs1)NCC(C)Oc1ccccc1C.I. The summed E-state index contributed by atoms with van der Waals surface area (Å²) >= 11 is 0.956. The van der Waals surface area contributed by atoms with Crippen molar-refractivity contribution >= 4 is 41.3 Å². The molecule has 0 aliphatic rings. The zero-order valence-electron chi connectivity index (χ0n) is 15.1. The van der Waals surface area contributed by atoms with E-state index in [1.165, 1.54) is 0 Å². The van der Waals surface area contributed by atoms with Crippen molar-refractivity contribution in [1.82, 2.24) is 15.6 Å². The third-order valence-corrected chi connectivity index (χ3v) is 4.30. The maximum absolute atomic E-state index is 12.6. The molecule has 0 saturated carbocycles. The van der Waals surface area contributed by atoms with Gasteiger partial charge in [-0.25, -0.2) is 4.98 Å². The number of rotatable bonds is 6. The molecule has 27 heavy (non-hydrogen) atoms. The highest BCUT2D eigenvalue weighted by atomic mass is 127. The highest BCUT2D eigenvalue weighted by Crippen LogP contribution is 2.29. The first kappa shape index (κ1) is 23.5. The van der Waals surface area contributed by atoms with Crippen molar-refractivity contribution in [2.24, 2.45) is 4.99 Å². The standard InChI is InChI=1S/C17H21F3N4OS.HI/c1-11-6-4-5-7-13(11)25-12(2)8-22-16(21-3)23-9-15-24-14(10-26-15)17(18,19)20;/h4-7,10,12H,8-9H2,1-3H3,(H2,21,22,23);1H. The van der Waals surface area contributed by atoms with Crippen molar-refractivity contribution in [2.75, 3.05) is 13.6 Å². The van der Waals surface area contributed by atoms with Crippen molar-refractivity contribution < 1.29 is 17.9 Å². The molecule has 1 atom stereocenters. The largest absolute Gasteiger partial charge is 0.489 e. The molecule has 2 aromatic rings. The van der Waals surface area contributed by atoms with Gasteiger partial charge in [-0.2, -0.15) is 13.2 Å². The molecule has 150 valence electrons. The molecular formula is C17H22F3IN4OS. The average Bonchev–Trinajstić information content (AvgIpc) is 3.06. The molecule has 0 aliphatic heterocycles. The number of aromatic nitrogens is 1. The molecule has 0 fully saturated rings. The highest BCUT2D eigenvalue weighted by Gasteiger charge is 2.33. The van der Waals surface area contributed by atoms with Crippen LogP contribution in [0, 0.1) is 6.92 Å². The second-order valence-corrected chi connectivity index (χ2v) is 6.57. The third-order valence-electron chi connectivity index (χ3n) is 3.45. The normalized spacial score (nSPS) is 12.9. The lowest BCUT2D eigenvalue weighted by Gasteiger charge is -2.18. The van der Waals surface area contributed by atoms with Crippen molar-refractivity contribution in [3.63, 3.8) is 0 Å². The Morgan fingerprint density at radius 2 is 2.00 bits per heavy atom. The van der Waals surface area contributed by atoms with Gasteiger partial charge in [0.15, 0.2) is 11.7 Å². The fraction of sp³-hybridized carbons (Fsp3) is 0.412. The summed E-state index contributed by atoms with van der Waals surface area (Å²) < 4.78 is 43.5. The van der Waals surface area contributed by atoms with E-state index < -0.39 is 11.9 Å².